The number of fused-ring (bicyclic) bond motifs is 1. The molecule has 0 aliphatic heterocycles. The highest BCUT2D eigenvalue weighted by molar-refractivity contribution is 7.92. The first-order chi connectivity index (χ1) is 18.8. The number of rotatable bonds is 10. The average Bonchev–Trinajstić information content (AvgIpc) is 3.40. The second-order valence-electron chi connectivity index (χ2n) is 9.46. The van der Waals surface area contributed by atoms with Gasteiger partial charge in [0.25, 0.3) is 10.0 Å². The molecule has 0 radical (unpaired) electrons. The van der Waals surface area contributed by atoms with E-state index in [-0.39, 0.29) is 29.4 Å². The minimum Gasteiger partial charge on any atom is -0.375 e. The number of aryl methyl sites for hydroxylation is 1. The van der Waals surface area contributed by atoms with Crippen LogP contribution in [0.4, 0.5) is 0 Å². The van der Waals surface area contributed by atoms with Crippen molar-refractivity contribution in [1.82, 2.24) is 3.97 Å². The topological polar surface area (TPSA) is 82.4 Å². The summed E-state index contributed by atoms with van der Waals surface area (Å²) in [5, 5.41) is -0.184. The van der Waals surface area contributed by atoms with Crippen molar-refractivity contribution in [3.05, 3.63) is 132 Å². The molecule has 1 atom stereocenters. The lowest BCUT2D eigenvalue weighted by atomic mass is 10.1. The van der Waals surface area contributed by atoms with Gasteiger partial charge in [0.15, 0.2) is 9.84 Å². The van der Waals surface area contributed by atoms with Gasteiger partial charge in [0.1, 0.15) is 0 Å². The Labute approximate surface area is 229 Å². The first-order valence-electron chi connectivity index (χ1n) is 12.6. The summed E-state index contributed by atoms with van der Waals surface area (Å²) in [7, 11) is -7.57. The number of hydrogen-bond acceptors (Lipinski definition) is 5. The molecule has 0 aliphatic rings. The summed E-state index contributed by atoms with van der Waals surface area (Å²) in [5.74, 6) is 0. The standard InChI is InChI=1S/C31H29NO5S2/c1-24-15-17-28(18-16-24)39(35,36)32-20-19-30-26(11-8-14-31(30)32)21-29(23-37-22-25-9-4-2-5-10-25)38(33,34)27-12-6-3-7-13-27/h2-20,29H,21-23H2,1H3. The molecule has 200 valence electrons. The summed E-state index contributed by atoms with van der Waals surface area (Å²) in [6.07, 6.45) is 1.69. The predicted octanol–water partition coefficient (Wildman–Crippen LogP) is 5.79. The second kappa shape index (κ2) is 11.2. The smallest absolute Gasteiger partial charge is 0.268 e. The second-order valence-corrected chi connectivity index (χ2v) is 13.5. The Morgan fingerprint density at radius 2 is 1.38 bits per heavy atom. The van der Waals surface area contributed by atoms with Crippen LogP contribution in [0.5, 0.6) is 0 Å². The van der Waals surface area contributed by atoms with E-state index in [9.17, 15) is 16.8 Å². The molecule has 1 aromatic heterocycles. The molecule has 6 nitrogen and oxygen atoms in total. The van der Waals surface area contributed by atoms with E-state index in [1.165, 1.54) is 10.2 Å². The summed E-state index contributed by atoms with van der Waals surface area (Å²) in [5.41, 5.74) is 3.15. The third-order valence-electron chi connectivity index (χ3n) is 6.74. The van der Waals surface area contributed by atoms with Crippen molar-refractivity contribution in [2.45, 2.75) is 35.0 Å². The van der Waals surface area contributed by atoms with Gasteiger partial charge in [-0.25, -0.2) is 20.8 Å². The van der Waals surface area contributed by atoms with Crippen LogP contribution < -0.4 is 0 Å². The third kappa shape index (κ3) is 5.68. The van der Waals surface area contributed by atoms with Gasteiger partial charge >= 0.3 is 0 Å². The fourth-order valence-corrected chi connectivity index (χ4v) is 7.55. The third-order valence-corrected chi connectivity index (χ3v) is 10.6. The van der Waals surface area contributed by atoms with Gasteiger partial charge < -0.3 is 4.74 Å². The van der Waals surface area contributed by atoms with Crippen molar-refractivity contribution in [2.24, 2.45) is 0 Å². The van der Waals surface area contributed by atoms with E-state index >= 15 is 0 Å². The molecule has 39 heavy (non-hydrogen) atoms. The molecule has 0 saturated heterocycles. The Morgan fingerprint density at radius 3 is 2.08 bits per heavy atom. The largest absolute Gasteiger partial charge is 0.375 e. The molecule has 8 heteroatoms. The van der Waals surface area contributed by atoms with Crippen LogP contribution >= 0.6 is 0 Å². The highest BCUT2D eigenvalue weighted by Gasteiger charge is 2.29. The highest BCUT2D eigenvalue weighted by atomic mass is 32.2. The summed E-state index contributed by atoms with van der Waals surface area (Å²) in [6, 6.07) is 31.7. The minimum atomic E-state index is -3.83. The maximum absolute atomic E-state index is 13.7. The van der Waals surface area contributed by atoms with Crippen LogP contribution in [0.3, 0.4) is 0 Å². The fraction of sp³-hybridized carbons (Fsp3) is 0.161. The lowest BCUT2D eigenvalue weighted by Crippen LogP contribution is -2.29. The zero-order valence-corrected chi connectivity index (χ0v) is 23.1. The first kappa shape index (κ1) is 26.9. The van der Waals surface area contributed by atoms with Crippen molar-refractivity contribution in [1.29, 1.82) is 0 Å². The first-order valence-corrected chi connectivity index (χ1v) is 15.6. The van der Waals surface area contributed by atoms with Crippen molar-refractivity contribution in [3.8, 4) is 0 Å². The minimum absolute atomic E-state index is 0.00904. The Bertz CT molecular complexity index is 1780. The van der Waals surface area contributed by atoms with E-state index in [0.717, 1.165) is 16.7 Å². The monoisotopic (exact) mass is 559 g/mol. The van der Waals surface area contributed by atoms with E-state index in [4.69, 9.17) is 4.74 Å². The molecule has 0 amide bonds. The number of sulfone groups is 1. The van der Waals surface area contributed by atoms with Gasteiger partial charge in [0.2, 0.25) is 0 Å². The van der Waals surface area contributed by atoms with Crippen LogP contribution in [0.1, 0.15) is 16.7 Å². The van der Waals surface area contributed by atoms with Crippen molar-refractivity contribution in [3.63, 3.8) is 0 Å². The van der Waals surface area contributed by atoms with E-state index in [1.54, 1.807) is 72.8 Å². The summed E-state index contributed by atoms with van der Waals surface area (Å²) >= 11 is 0. The van der Waals surface area contributed by atoms with Gasteiger partial charge in [-0.05, 0) is 60.9 Å². The van der Waals surface area contributed by atoms with E-state index in [0.29, 0.717) is 10.9 Å². The Kier molecular flexibility index (Phi) is 7.70. The highest BCUT2D eigenvalue weighted by Crippen LogP contribution is 2.28. The summed E-state index contributed by atoms with van der Waals surface area (Å²) in [4.78, 5) is 0.417. The molecular formula is C31H29NO5S2. The fourth-order valence-electron chi connectivity index (χ4n) is 4.61. The quantitative estimate of drug-likeness (QED) is 0.216. The molecule has 1 unspecified atom stereocenters. The molecule has 0 N–H and O–H groups in total. The Morgan fingerprint density at radius 1 is 0.718 bits per heavy atom. The van der Waals surface area contributed by atoms with Gasteiger partial charge in [0, 0.05) is 11.6 Å². The lowest BCUT2D eigenvalue weighted by Gasteiger charge is -2.19. The van der Waals surface area contributed by atoms with Gasteiger partial charge in [-0.3, -0.25) is 0 Å². The van der Waals surface area contributed by atoms with Gasteiger partial charge in [0.05, 0.1) is 33.8 Å². The molecule has 5 aromatic rings. The number of ether oxygens (including phenoxy) is 1. The van der Waals surface area contributed by atoms with Crippen LogP contribution in [0, 0.1) is 6.92 Å². The molecule has 0 aliphatic carbocycles. The van der Waals surface area contributed by atoms with Gasteiger partial charge in [-0.2, -0.15) is 0 Å². The summed E-state index contributed by atoms with van der Waals surface area (Å²) in [6.45, 7) is 2.18. The van der Waals surface area contributed by atoms with Crippen molar-refractivity contribution >= 4 is 30.8 Å². The van der Waals surface area contributed by atoms with Crippen LogP contribution in [0.25, 0.3) is 10.9 Å². The molecule has 5 rings (SSSR count). The van der Waals surface area contributed by atoms with Crippen LogP contribution in [0.15, 0.2) is 125 Å². The summed E-state index contributed by atoms with van der Waals surface area (Å²) < 4.78 is 61.4. The van der Waals surface area contributed by atoms with Crippen molar-refractivity contribution in [2.75, 3.05) is 6.61 Å². The van der Waals surface area contributed by atoms with E-state index < -0.39 is 25.1 Å². The Balaban J connectivity index is 1.49. The maximum atomic E-state index is 13.7. The number of hydrogen-bond donors (Lipinski definition) is 0. The lowest BCUT2D eigenvalue weighted by molar-refractivity contribution is 0.120. The molecular weight excluding hydrogens is 530 g/mol. The average molecular weight is 560 g/mol. The zero-order chi connectivity index (χ0) is 27.5. The maximum Gasteiger partial charge on any atom is 0.268 e. The Hall–Kier alpha value is -3.72. The zero-order valence-electron chi connectivity index (χ0n) is 21.5. The molecule has 4 aromatic carbocycles. The van der Waals surface area contributed by atoms with Crippen LogP contribution in [-0.2, 0) is 37.6 Å². The van der Waals surface area contributed by atoms with Crippen LogP contribution in [0.2, 0.25) is 0 Å². The number of benzene rings is 4. The van der Waals surface area contributed by atoms with E-state index in [1.807, 2.05) is 43.3 Å². The normalized spacial score (nSPS) is 12.9. The molecule has 0 fully saturated rings. The van der Waals surface area contributed by atoms with E-state index in [2.05, 4.69) is 0 Å². The predicted molar refractivity (Wildman–Crippen MR) is 153 cm³/mol. The molecule has 1 heterocycles. The molecule has 0 saturated carbocycles. The SMILES string of the molecule is Cc1ccc(S(=O)(=O)n2ccc3c(CC(COCc4ccccc4)S(=O)(=O)c4ccccc4)cccc32)cc1. The van der Waals surface area contributed by atoms with Gasteiger partial charge in [-0.1, -0.05) is 78.4 Å². The van der Waals surface area contributed by atoms with Gasteiger partial charge in [-0.15, -0.1) is 0 Å². The van der Waals surface area contributed by atoms with Crippen molar-refractivity contribution < 1.29 is 21.6 Å². The number of aromatic nitrogens is 1. The molecule has 0 spiro atoms. The number of nitrogens with zero attached hydrogens (tertiary/aromatic N) is 1. The molecule has 0 bridgehead atoms. The van der Waals surface area contributed by atoms with Crippen LogP contribution in [-0.4, -0.2) is 32.7 Å².